The van der Waals surface area contributed by atoms with Crippen molar-refractivity contribution < 1.29 is 30.6 Å². The van der Waals surface area contributed by atoms with E-state index in [1.165, 1.54) is 56.3 Å². The van der Waals surface area contributed by atoms with Crippen LogP contribution in [-0.2, 0) is 10.1 Å². The van der Waals surface area contributed by atoms with Crippen LogP contribution in [0, 0.1) is 0 Å². The Morgan fingerprint density at radius 2 is 1.58 bits per heavy atom. The third kappa shape index (κ3) is 6.58. The van der Waals surface area contributed by atoms with Gasteiger partial charge >= 0.3 is 5.51 Å². The Labute approximate surface area is 112 Å². The second kappa shape index (κ2) is 7.44. The molecule has 1 aliphatic rings. The second-order valence-electron chi connectivity index (χ2n) is 4.79. The molecule has 0 aromatic rings. The fraction of sp³-hybridized carbons (Fsp3) is 1.00. The van der Waals surface area contributed by atoms with Gasteiger partial charge in [0.05, 0.1) is 26.2 Å². The molecule has 0 amide bonds. The third-order valence-electron chi connectivity index (χ3n) is 3.46. The lowest BCUT2D eigenvalue weighted by Crippen LogP contribution is -2.45. The minimum Gasteiger partial charge on any atom is -0.741 e. The number of nitrogens with zero attached hydrogens (tertiary/aromatic N) is 1. The molecular formula is C11H22F3NO3S. The van der Waals surface area contributed by atoms with E-state index in [0.29, 0.717) is 0 Å². The monoisotopic (exact) mass is 305 g/mol. The van der Waals surface area contributed by atoms with E-state index in [4.69, 9.17) is 13.0 Å². The molecule has 116 valence electrons. The molecule has 0 aromatic heterocycles. The van der Waals surface area contributed by atoms with Crippen molar-refractivity contribution in [3.8, 4) is 0 Å². The Bertz CT molecular complexity index is 349. The minimum absolute atomic E-state index is 1.36. The van der Waals surface area contributed by atoms with Gasteiger partial charge in [-0.3, -0.25) is 0 Å². The first-order valence-corrected chi connectivity index (χ1v) is 7.86. The van der Waals surface area contributed by atoms with Crippen molar-refractivity contribution in [2.24, 2.45) is 0 Å². The number of unbranched alkanes of at least 4 members (excludes halogenated alkanes) is 1. The molecule has 0 spiro atoms. The van der Waals surface area contributed by atoms with E-state index >= 15 is 0 Å². The van der Waals surface area contributed by atoms with Gasteiger partial charge in [-0.25, -0.2) is 8.42 Å². The van der Waals surface area contributed by atoms with Crippen LogP contribution in [0.15, 0.2) is 0 Å². The number of rotatable bonds is 4. The van der Waals surface area contributed by atoms with Crippen LogP contribution in [-0.4, -0.2) is 49.1 Å². The summed E-state index contributed by atoms with van der Waals surface area (Å²) in [5.74, 6) is 0. The first kappa shape index (κ1) is 18.7. The van der Waals surface area contributed by atoms with Crippen molar-refractivity contribution in [3.05, 3.63) is 0 Å². The summed E-state index contributed by atoms with van der Waals surface area (Å²) in [5.41, 5.74) is -5.65. The lowest BCUT2D eigenvalue weighted by atomic mass is 10.3. The molecule has 4 nitrogen and oxygen atoms in total. The van der Waals surface area contributed by atoms with E-state index in [1.807, 2.05) is 0 Å². The van der Waals surface area contributed by atoms with E-state index in [1.54, 1.807) is 0 Å². The Hall–Kier alpha value is -0.340. The summed E-state index contributed by atoms with van der Waals surface area (Å²) in [6.45, 7) is 10.4. The largest absolute Gasteiger partial charge is 0.741 e. The zero-order valence-corrected chi connectivity index (χ0v) is 12.2. The van der Waals surface area contributed by atoms with Crippen molar-refractivity contribution in [3.63, 3.8) is 0 Å². The van der Waals surface area contributed by atoms with Crippen LogP contribution in [0.2, 0.25) is 0 Å². The predicted molar refractivity (Wildman–Crippen MR) is 65.3 cm³/mol. The number of halogens is 3. The van der Waals surface area contributed by atoms with E-state index in [2.05, 4.69) is 13.8 Å². The summed E-state index contributed by atoms with van der Waals surface area (Å²) < 4.78 is 60.3. The molecule has 0 aliphatic carbocycles. The normalized spacial score (nSPS) is 18.8. The zero-order valence-electron chi connectivity index (χ0n) is 11.4. The van der Waals surface area contributed by atoms with Gasteiger partial charge in [-0.2, -0.15) is 13.2 Å². The molecule has 1 rings (SSSR count). The summed E-state index contributed by atoms with van der Waals surface area (Å²) in [5, 5.41) is 0. The fourth-order valence-electron chi connectivity index (χ4n) is 2.20. The average Bonchev–Trinajstić information content (AvgIpc) is 2.74. The number of hydrogen-bond donors (Lipinski definition) is 0. The van der Waals surface area contributed by atoms with Gasteiger partial charge in [-0.15, -0.1) is 0 Å². The van der Waals surface area contributed by atoms with Gasteiger partial charge in [0.15, 0.2) is 10.1 Å². The SMILES string of the molecule is CCCC[N+]1(CC)CCCC1.O=S(=O)([O-])C(F)(F)F. The smallest absolute Gasteiger partial charge is 0.485 e. The molecule has 0 aromatic carbocycles. The van der Waals surface area contributed by atoms with Crippen LogP contribution >= 0.6 is 0 Å². The fourth-order valence-corrected chi connectivity index (χ4v) is 2.20. The lowest BCUT2D eigenvalue weighted by molar-refractivity contribution is -0.915. The van der Waals surface area contributed by atoms with Gasteiger partial charge in [0.25, 0.3) is 0 Å². The topological polar surface area (TPSA) is 57.2 Å². The van der Waals surface area contributed by atoms with Crippen LogP contribution in [0.4, 0.5) is 13.2 Å². The average molecular weight is 305 g/mol. The van der Waals surface area contributed by atoms with Crippen molar-refractivity contribution in [1.29, 1.82) is 0 Å². The van der Waals surface area contributed by atoms with Crippen LogP contribution < -0.4 is 0 Å². The van der Waals surface area contributed by atoms with E-state index < -0.39 is 15.6 Å². The highest BCUT2D eigenvalue weighted by molar-refractivity contribution is 7.86. The molecule has 0 saturated carbocycles. The van der Waals surface area contributed by atoms with E-state index in [-0.39, 0.29) is 0 Å². The first-order chi connectivity index (χ1) is 8.58. The van der Waals surface area contributed by atoms with Gasteiger partial charge in [-0.1, -0.05) is 13.3 Å². The van der Waals surface area contributed by atoms with Crippen molar-refractivity contribution in [1.82, 2.24) is 0 Å². The highest BCUT2D eigenvalue weighted by atomic mass is 32.2. The maximum Gasteiger partial charge on any atom is 0.485 e. The van der Waals surface area contributed by atoms with Crippen LogP contribution in [0.5, 0.6) is 0 Å². The van der Waals surface area contributed by atoms with E-state index in [9.17, 15) is 13.2 Å². The third-order valence-corrected chi connectivity index (χ3v) is 4.02. The minimum atomic E-state index is -6.09. The lowest BCUT2D eigenvalue weighted by Gasteiger charge is -2.32. The van der Waals surface area contributed by atoms with Gasteiger partial charge in [0, 0.05) is 12.8 Å². The van der Waals surface area contributed by atoms with Gasteiger partial charge in [0.2, 0.25) is 0 Å². The molecule has 0 unspecified atom stereocenters. The van der Waals surface area contributed by atoms with Crippen LogP contribution in [0.3, 0.4) is 0 Å². The van der Waals surface area contributed by atoms with E-state index in [0.717, 1.165) is 0 Å². The Morgan fingerprint density at radius 3 is 1.84 bits per heavy atom. The van der Waals surface area contributed by atoms with Gasteiger partial charge in [0.1, 0.15) is 0 Å². The van der Waals surface area contributed by atoms with Gasteiger partial charge < -0.3 is 9.04 Å². The quantitative estimate of drug-likeness (QED) is 0.455. The first-order valence-electron chi connectivity index (χ1n) is 6.45. The highest BCUT2D eigenvalue weighted by Crippen LogP contribution is 2.20. The molecule has 0 radical (unpaired) electrons. The standard InChI is InChI=1S/C10H22N.CHF3O3S/c1-3-5-8-11(4-2)9-6-7-10-11;2-1(3,4)8(5,6)7/h3-10H2,1-2H3;(H,5,6,7)/q+1;/p-1. The molecule has 0 N–H and O–H groups in total. The Kier molecular flexibility index (Phi) is 7.31. The summed E-state index contributed by atoms with van der Waals surface area (Å²) in [6.07, 6.45) is 5.73. The molecule has 1 heterocycles. The summed E-state index contributed by atoms with van der Waals surface area (Å²) in [7, 11) is -6.09. The Balaban J connectivity index is 0.000000362. The van der Waals surface area contributed by atoms with Crippen molar-refractivity contribution in [2.75, 3.05) is 26.2 Å². The van der Waals surface area contributed by atoms with Crippen LogP contribution in [0.25, 0.3) is 0 Å². The molecule has 0 bridgehead atoms. The molecule has 1 aliphatic heterocycles. The number of likely N-dealkylation sites (tertiary alicyclic amines) is 1. The predicted octanol–water partition coefficient (Wildman–Crippen LogP) is 2.47. The molecule has 19 heavy (non-hydrogen) atoms. The summed E-state index contributed by atoms with van der Waals surface area (Å²) >= 11 is 0. The second-order valence-corrected chi connectivity index (χ2v) is 6.16. The summed E-state index contributed by atoms with van der Waals surface area (Å²) in [4.78, 5) is 0. The maximum atomic E-state index is 10.7. The molecule has 0 atom stereocenters. The molecule has 8 heteroatoms. The molecule has 1 saturated heterocycles. The number of alkyl halides is 3. The van der Waals surface area contributed by atoms with Gasteiger partial charge in [-0.05, 0) is 13.3 Å². The van der Waals surface area contributed by atoms with Crippen molar-refractivity contribution in [2.45, 2.75) is 45.0 Å². The highest BCUT2D eigenvalue weighted by Gasteiger charge is 2.36. The molecule has 1 fully saturated rings. The zero-order chi connectivity index (χ0) is 15.2. The van der Waals surface area contributed by atoms with Crippen LogP contribution in [0.1, 0.15) is 39.5 Å². The molecular weight excluding hydrogens is 283 g/mol. The maximum absolute atomic E-state index is 10.7. The number of hydrogen-bond acceptors (Lipinski definition) is 3. The number of quaternary nitrogens is 1. The van der Waals surface area contributed by atoms with Crippen molar-refractivity contribution >= 4 is 10.1 Å². The summed E-state index contributed by atoms with van der Waals surface area (Å²) in [6, 6.07) is 0. The Morgan fingerprint density at radius 1 is 1.16 bits per heavy atom.